The fourth-order valence-corrected chi connectivity index (χ4v) is 2.85. The minimum absolute atomic E-state index is 0.0984. The summed E-state index contributed by atoms with van der Waals surface area (Å²) in [6, 6.07) is 11.5. The summed E-state index contributed by atoms with van der Waals surface area (Å²) < 4.78 is 15.9. The van der Waals surface area contributed by atoms with Crippen LogP contribution in [-0.4, -0.2) is 27.2 Å². The number of benzene rings is 2. The number of methoxy groups -OCH3 is 3. The molecule has 2 aromatic rings. The van der Waals surface area contributed by atoms with Crippen LogP contribution in [0.1, 0.15) is 55.2 Å². The lowest BCUT2D eigenvalue weighted by atomic mass is 9.86. The van der Waals surface area contributed by atoms with Gasteiger partial charge in [-0.1, -0.05) is 45.0 Å². The van der Waals surface area contributed by atoms with Crippen LogP contribution in [0.15, 0.2) is 36.4 Å². The normalized spacial score (nSPS) is 12.3. The number of hydrogen-bond donors (Lipinski definition) is 1. The van der Waals surface area contributed by atoms with E-state index in [9.17, 15) is 4.79 Å². The van der Waals surface area contributed by atoms with E-state index in [4.69, 9.17) is 14.2 Å². The fraction of sp³-hybridized carbons (Fsp3) is 0.409. The second-order valence-corrected chi connectivity index (χ2v) is 7.48. The Labute approximate surface area is 161 Å². The number of carbonyl (C=O) groups excluding carboxylic acids is 1. The predicted octanol–water partition coefficient (Wildman–Crippen LogP) is 4.50. The first-order valence-corrected chi connectivity index (χ1v) is 8.92. The van der Waals surface area contributed by atoms with Crippen molar-refractivity contribution in [3.8, 4) is 17.2 Å². The van der Waals surface area contributed by atoms with Gasteiger partial charge < -0.3 is 19.5 Å². The van der Waals surface area contributed by atoms with Gasteiger partial charge in [-0.15, -0.1) is 0 Å². The lowest BCUT2D eigenvalue weighted by Gasteiger charge is -2.21. The van der Waals surface area contributed by atoms with Crippen molar-refractivity contribution in [2.75, 3.05) is 21.3 Å². The van der Waals surface area contributed by atoms with Gasteiger partial charge in [-0.2, -0.15) is 0 Å². The molecule has 0 radical (unpaired) electrons. The summed E-state index contributed by atoms with van der Waals surface area (Å²) in [6.45, 7) is 8.50. The number of carbonyl (C=O) groups is 1. The number of amides is 1. The molecule has 0 saturated heterocycles. The lowest BCUT2D eigenvalue weighted by molar-refractivity contribution is 0.0939. The summed E-state index contributed by atoms with van der Waals surface area (Å²) in [5.74, 6) is 1.15. The highest BCUT2D eigenvalue weighted by atomic mass is 16.5. The SMILES string of the molecule is COc1cc(C(=O)N[C@H](C)c2ccc(C(C)(C)C)cc2)cc(OC)c1OC. The van der Waals surface area contributed by atoms with Gasteiger partial charge in [0.25, 0.3) is 5.91 Å². The maximum absolute atomic E-state index is 12.7. The first-order valence-electron chi connectivity index (χ1n) is 8.92. The molecule has 0 aliphatic carbocycles. The maximum atomic E-state index is 12.7. The Morgan fingerprint density at radius 1 is 0.926 bits per heavy atom. The van der Waals surface area contributed by atoms with E-state index in [1.54, 1.807) is 12.1 Å². The zero-order valence-corrected chi connectivity index (χ0v) is 17.2. The number of nitrogens with one attached hydrogen (secondary N) is 1. The molecule has 5 nitrogen and oxygen atoms in total. The van der Waals surface area contributed by atoms with E-state index >= 15 is 0 Å². The van der Waals surface area contributed by atoms with Crippen LogP contribution in [0.25, 0.3) is 0 Å². The van der Waals surface area contributed by atoms with Crippen molar-refractivity contribution in [1.29, 1.82) is 0 Å². The van der Waals surface area contributed by atoms with Gasteiger partial charge in [0.1, 0.15) is 0 Å². The molecule has 5 heteroatoms. The molecule has 0 bridgehead atoms. The smallest absolute Gasteiger partial charge is 0.252 e. The summed E-state index contributed by atoms with van der Waals surface area (Å²) in [5.41, 5.74) is 2.85. The van der Waals surface area contributed by atoms with E-state index < -0.39 is 0 Å². The number of ether oxygens (including phenoxy) is 3. The third-order valence-electron chi connectivity index (χ3n) is 4.55. The van der Waals surface area contributed by atoms with Gasteiger partial charge in [-0.05, 0) is 35.6 Å². The Kier molecular flexibility index (Phi) is 6.37. The molecule has 1 atom stereocenters. The Balaban J connectivity index is 2.21. The van der Waals surface area contributed by atoms with Crippen LogP contribution < -0.4 is 19.5 Å². The summed E-state index contributed by atoms with van der Waals surface area (Å²) >= 11 is 0. The maximum Gasteiger partial charge on any atom is 0.252 e. The van der Waals surface area contributed by atoms with E-state index in [1.807, 2.05) is 6.92 Å². The first kappa shape index (κ1) is 20.6. The van der Waals surface area contributed by atoms with Gasteiger partial charge in [0.05, 0.1) is 27.4 Å². The Bertz CT molecular complexity index is 766. The third kappa shape index (κ3) is 4.73. The van der Waals surface area contributed by atoms with E-state index in [0.29, 0.717) is 22.8 Å². The van der Waals surface area contributed by atoms with Gasteiger partial charge in [0.15, 0.2) is 11.5 Å². The van der Waals surface area contributed by atoms with Gasteiger partial charge in [0, 0.05) is 5.56 Å². The molecular weight excluding hydrogens is 342 g/mol. The molecule has 0 aromatic heterocycles. The van der Waals surface area contributed by atoms with Gasteiger partial charge >= 0.3 is 0 Å². The highest BCUT2D eigenvalue weighted by Gasteiger charge is 2.19. The quantitative estimate of drug-likeness (QED) is 0.812. The van der Waals surface area contributed by atoms with E-state index in [0.717, 1.165) is 5.56 Å². The van der Waals surface area contributed by atoms with Crippen molar-refractivity contribution in [3.05, 3.63) is 53.1 Å². The predicted molar refractivity (Wildman–Crippen MR) is 107 cm³/mol. The Hall–Kier alpha value is -2.69. The summed E-state index contributed by atoms with van der Waals surface area (Å²) in [6.07, 6.45) is 0. The van der Waals surface area contributed by atoms with Crippen LogP contribution in [-0.2, 0) is 5.41 Å². The second kappa shape index (κ2) is 8.33. The topological polar surface area (TPSA) is 56.8 Å². The van der Waals surface area contributed by atoms with Crippen molar-refractivity contribution in [2.45, 2.75) is 39.2 Å². The first-order chi connectivity index (χ1) is 12.7. The van der Waals surface area contributed by atoms with Crippen molar-refractivity contribution in [1.82, 2.24) is 5.32 Å². The molecule has 0 fully saturated rings. The van der Waals surface area contributed by atoms with Crippen molar-refractivity contribution in [3.63, 3.8) is 0 Å². The molecule has 0 heterocycles. The van der Waals surface area contributed by atoms with Crippen LogP contribution in [0.3, 0.4) is 0 Å². The van der Waals surface area contributed by atoms with Crippen molar-refractivity contribution < 1.29 is 19.0 Å². The van der Waals surface area contributed by atoms with Crippen LogP contribution in [0.5, 0.6) is 17.2 Å². The molecule has 2 aromatic carbocycles. The molecule has 146 valence electrons. The molecule has 1 amide bonds. The Morgan fingerprint density at radius 2 is 1.44 bits per heavy atom. The highest BCUT2D eigenvalue weighted by Crippen LogP contribution is 2.38. The molecule has 0 unspecified atom stereocenters. The minimum atomic E-state index is -0.207. The van der Waals surface area contributed by atoms with Gasteiger partial charge in [0.2, 0.25) is 5.75 Å². The fourth-order valence-electron chi connectivity index (χ4n) is 2.85. The largest absolute Gasteiger partial charge is 0.493 e. The molecule has 0 spiro atoms. The third-order valence-corrected chi connectivity index (χ3v) is 4.55. The number of hydrogen-bond acceptors (Lipinski definition) is 4. The van der Waals surface area contributed by atoms with Crippen LogP contribution in [0.4, 0.5) is 0 Å². The zero-order chi connectivity index (χ0) is 20.2. The molecule has 1 N–H and O–H groups in total. The Morgan fingerprint density at radius 3 is 1.85 bits per heavy atom. The summed E-state index contributed by atoms with van der Waals surface area (Å²) in [7, 11) is 4.58. The molecule has 0 aliphatic rings. The van der Waals surface area contributed by atoms with E-state index in [1.165, 1.54) is 26.9 Å². The van der Waals surface area contributed by atoms with Crippen LogP contribution in [0, 0.1) is 0 Å². The molecule has 27 heavy (non-hydrogen) atoms. The van der Waals surface area contributed by atoms with Gasteiger partial charge in [-0.3, -0.25) is 4.79 Å². The van der Waals surface area contributed by atoms with E-state index in [2.05, 4.69) is 50.4 Å². The minimum Gasteiger partial charge on any atom is -0.493 e. The molecular formula is C22H29NO4. The summed E-state index contributed by atoms with van der Waals surface area (Å²) in [4.78, 5) is 12.7. The standard InChI is InChI=1S/C22H29NO4/c1-14(15-8-10-17(11-9-15)22(2,3)4)23-21(24)16-12-18(25-5)20(27-7)19(13-16)26-6/h8-14H,1-7H3,(H,23,24)/t14-/m1/s1. The number of rotatable bonds is 6. The van der Waals surface area contributed by atoms with Crippen molar-refractivity contribution in [2.24, 2.45) is 0 Å². The lowest BCUT2D eigenvalue weighted by Crippen LogP contribution is -2.26. The second-order valence-electron chi connectivity index (χ2n) is 7.48. The van der Waals surface area contributed by atoms with E-state index in [-0.39, 0.29) is 17.4 Å². The van der Waals surface area contributed by atoms with Crippen LogP contribution >= 0.6 is 0 Å². The average molecular weight is 371 g/mol. The molecule has 0 saturated carbocycles. The highest BCUT2D eigenvalue weighted by molar-refractivity contribution is 5.95. The molecule has 0 aliphatic heterocycles. The average Bonchev–Trinajstić information content (AvgIpc) is 2.65. The monoisotopic (exact) mass is 371 g/mol. The van der Waals surface area contributed by atoms with Gasteiger partial charge in [-0.25, -0.2) is 0 Å². The van der Waals surface area contributed by atoms with Crippen LogP contribution in [0.2, 0.25) is 0 Å². The molecule has 2 rings (SSSR count). The zero-order valence-electron chi connectivity index (χ0n) is 17.2. The van der Waals surface area contributed by atoms with Crippen molar-refractivity contribution >= 4 is 5.91 Å². The summed E-state index contributed by atoms with van der Waals surface area (Å²) in [5, 5.41) is 3.02.